The van der Waals surface area contributed by atoms with Crippen LogP contribution in [0.5, 0.6) is 0 Å². The molecule has 0 radical (unpaired) electrons. The lowest BCUT2D eigenvalue weighted by Crippen LogP contribution is -2.58. The maximum atomic E-state index is 9.54. The van der Waals surface area contributed by atoms with Crippen LogP contribution in [-0.2, 0) is 0 Å². The van der Waals surface area contributed by atoms with Crippen LogP contribution in [0.1, 0.15) is 60.3 Å². The molecule has 0 aromatic rings. The maximum absolute atomic E-state index is 9.54. The van der Waals surface area contributed by atoms with E-state index in [4.69, 9.17) is 0 Å². The highest BCUT2D eigenvalue weighted by Crippen LogP contribution is 2.46. The zero-order chi connectivity index (χ0) is 14.0. The number of aliphatic hydroxyl groups is 2. The Kier molecular flexibility index (Phi) is 4.85. The smallest absolute Gasteiger partial charge is 0.0647 e. The second kappa shape index (κ2) is 5.48. The van der Waals surface area contributed by atoms with Gasteiger partial charge in [0, 0.05) is 6.04 Å². The number of nitrogens with one attached hydrogen (secondary N) is 1. The Morgan fingerprint density at radius 2 is 1.50 bits per heavy atom. The molecule has 3 N–H and O–H groups in total. The van der Waals surface area contributed by atoms with Gasteiger partial charge in [0.25, 0.3) is 0 Å². The van der Waals surface area contributed by atoms with Crippen LogP contribution in [0.25, 0.3) is 0 Å². The van der Waals surface area contributed by atoms with Crippen molar-refractivity contribution in [3.8, 4) is 0 Å². The van der Waals surface area contributed by atoms with Crippen molar-refractivity contribution in [2.45, 2.75) is 71.9 Å². The molecule has 1 rings (SSSR count). The molecule has 1 saturated carbocycles. The summed E-state index contributed by atoms with van der Waals surface area (Å²) in [6, 6.07) is 0.378. The van der Waals surface area contributed by atoms with Crippen molar-refractivity contribution in [3.63, 3.8) is 0 Å². The predicted octanol–water partition coefficient (Wildman–Crippen LogP) is 2.31. The van der Waals surface area contributed by atoms with E-state index in [0.717, 1.165) is 19.3 Å². The van der Waals surface area contributed by atoms with Crippen molar-refractivity contribution >= 4 is 0 Å². The third-order valence-electron chi connectivity index (χ3n) is 4.35. The van der Waals surface area contributed by atoms with Gasteiger partial charge in [-0.05, 0) is 36.5 Å². The minimum absolute atomic E-state index is 0.00262. The van der Waals surface area contributed by atoms with Crippen LogP contribution in [0.3, 0.4) is 0 Å². The van der Waals surface area contributed by atoms with Crippen LogP contribution in [0.15, 0.2) is 0 Å². The van der Waals surface area contributed by atoms with Crippen LogP contribution in [0, 0.1) is 10.8 Å². The Morgan fingerprint density at radius 1 is 1.06 bits per heavy atom. The summed E-state index contributed by atoms with van der Waals surface area (Å²) < 4.78 is 0. The van der Waals surface area contributed by atoms with E-state index in [1.54, 1.807) is 0 Å². The molecule has 0 bridgehead atoms. The molecule has 0 aromatic heterocycles. The fourth-order valence-corrected chi connectivity index (χ4v) is 3.85. The summed E-state index contributed by atoms with van der Waals surface area (Å²) in [5.74, 6) is 0. The first-order valence-corrected chi connectivity index (χ1v) is 7.17. The Labute approximate surface area is 112 Å². The maximum Gasteiger partial charge on any atom is 0.0647 e. The zero-order valence-electron chi connectivity index (χ0n) is 12.7. The molecule has 1 aliphatic rings. The summed E-state index contributed by atoms with van der Waals surface area (Å²) in [7, 11) is 0. The van der Waals surface area contributed by atoms with Gasteiger partial charge in [-0.25, -0.2) is 0 Å². The molecule has 108 valence electrons. The summed E-state index contributed by atoms with van der Waals surface area (Å²) in [4.78, 5) is 0. The van der Waals surface area contributed by atoms with E-state index in [-0.39, 0.29) is 13.2 Å². The summed E-state index contributed by atoms with van der Waals surface area (Å²) in [5, 5.41) is 22.6. The van der Waals surface area contributed by atoms with E-state index in [2.05, 4.69) is 33.0 Å². The molecular formula is C15H31NO2. The topological polar surface area (TPSA) is 52.5 Å². The molecule has 0 unspecified atom stereocenters. The number of hydrogen-bond acceptors (Lipinski definition) is 3. The number of aliphatic hydroxyl groups excluding tert-OH is 2. The molecule has 0 spiro atoms. The van der Waals surface area contributed by atoms with E-state index in [9.17, 15) is 10.2 Å². The molecule has 0 heterocycles. The van der Waals surface area contributed by atoms with Crippen LogP contribution in [0.2, 0.25) is 0 Å². The van der Waals surface area contributed by atoms with E-state index >= 15 is 0 Å². The molecule has 18 heavy (non-hydrogen) atoms. The molecule has 3 heteroatoms. The van der Waals surface area contributed by atoms with E-state index in [1.807, 2.05) is 6.92 Å². The lowest BCUT2D eigenvalue weighted by molar-refractivity contribution is 0.0313. The molecule has 1 fully saturated rings. The number of rotatable bonds is 5. The first kappa shape index (κ1) is 15.9. The second-order valence-corrected chi connectivity index (χ2v) is 7.70. The molecule has 0 aliphatic heterocycles. The number of hydrogen-bond donors (Lipinski definition) is 3. The van der Waals surface area contributed by atoms with E-state index in [0.29, 0.717) is 16.9 Å². The van der Waals surface area contributed by atoms with Gasteiger partial charge in [-0.2, -0.15) is 0 Å². The van der Waals surface area contributed by atoms with Gasteiger partial charge in [-0.3, -0.25) is 0 Å². The molecule has 0 saturated heterocycles. The lowest BCUT2D eigenvalue weighted by atomic mass is 9.63. The van der Waals surface area contributed by atoms with Gasteiger partial charge in [0.15, 0.2) is 0 Å². The molecule has 1 aliphatic carbocycles. The highest BCUT2D eigenvalue weighted by molar-refractivity contribution is 4.97. The lowest BCUT2D eigenvalue weighted by Gasteiger charge is -2.48. The normalized spacial score (nSPS) is 24.2. The van der Waals surface area contributed by atoms with Gasteiger partial charge in [0.1, 0.15) is 0 Å². The van der Waals surface area contributed by atoms with Gasteiger partial charge in [-0.15, -0.1) is 0 Å². The Bertz CT molecular complexity index is 245. The van der Waals surface area contributed by atoms with E-state index < -0.39 is 5.54 Å². The van der Waals surface area contributed by atoms with Crippen molar-refractivity contribution in [3.05, 3.63) is 0 Å². The zero-order valence-corrected chi connectivity index (χ0v) is 12.7. The predicted molar refractivity (Wildman–Crippen MR) is 75.5 cm³/mol. The first-order chi connectivity index (χ1) is 8.17. The Morgan fingerprint density at radius 3 is 1.83 bits per heavy atom. The molecule has 3 nitrogen and oxygen atoms in total. The third kappa shape index (κ3) is 3.94. The fourth-order valence-electron chi connectivity index (χ4n) is 3.85. The Hall–Kier alpha value is -0.120. The molecule has 0 atom stereocenters. The molecule has 0 amide bonds. The van der Waals surface area contributed by atoms with Crippen molar-refractivity contribution in [1.82, 2.24) is 5.32 Å². The van der Waals surface area contributed by atoms with Gasteiger partial charge >= 0.3 is 0 Å². The molecule has 0 aromatic carbocycles. The quantitative estimate of drug-likeness (QED) is 0.708. The largest absolute Gasteiger partial charge is 0.394 e. The van der Waals surface area contributed by atoms with Crippen molar-refractivity contribution in [2.75, 3.05) is 13.2 Å². The van der Waals surface area contributed by atoms with Gasteiger partial charge in [-0.1, -0.05) is 34.6 Å². The average Bonchev–Trinajstić information content (AvgIpc) is 2.22. The van der Waals surface area contributed by atoms with Gasteiger partial charge in [0.05, 0.1) is 18.8 Å². The standard InChI is InChI=1S/C15H31NO2/c1-6-15(10-17,11-18)16-12-7-13(2,3)9-14(4,5)8-12/h12,16-18H,6-11H2,1-5H3. The summed E-state index contributed by atoms with van der Waals surface area (Å²) in [6.07, 6.45) is 4.20. The third-order valence-corrected chi connectivity index (χ3v) is 4.35. The van der Waals surface area contributed by atoms with Crippen LogP contribution >= 0.6 is 0 Å². The average molecular weight is 257 g/mol. The summed E-state index contributed by atoms with van der Waals surface area (Å²) in [5.41, 5.74) is 0.127. The van der Waals surface area contributed by atoms with Gasteiger partial charge < -0.3 is 15.5 Å². The Balaban J connectivity index is 2.77. The fraction of sp³-hybridized carbons (Fsp3) is 1.00. The van der Waals surface area contributed by atoms with Crippen LogP contribution in [-0.4, -0.2) is 35.0 Å². The highest BCUT2D eigenvalue weighted by atomic mass is 16.3. The van der Waals surface area contributed by atoms with Crippen molar-refractivity contribution < 1.29 is 10.2 Å². The van der Waals surface area contributed by atoms with Crippen LogP contribution in [0.4, 0.5) is 0 Å². The minimum atomic E-state index is -0.520. The first-order valence-electron chi connectivity index (χ1n) is 7.17. The second-order valence-electron chi connectivity index (χ2n) is 7.70. The SMILES string of the molecule is CCC(CO)(CO)NC1CC(C)(C)CC(C)(C)C1. The monoisotopic (exact) mass is 257 g/mol. The van der Waals surface area contributed by atoms with Crippen molar-refractivity contribution in [1.29, 1.82) is 0 Å². The molecular weight excluding hydrogens is 226 g/mol. The summed E-state index contributed by atoms with van der Waals surface area (Å²) in [6.45, 7) is 11.3. The highest BCUT2D eigenvalue weighted by Gasteiger charge is 2.41. The van der Waals surface area contributed by atoms with Crippen LogP contribution < -0.4 is 5.32 Å². The minimum Gasteiger partial charge on any atom is -0.394 e. The van der Waals surface area contributed by atoms with E-state index in [1.165, 1.54) is 6.42 Å². The van der Waals surface area contributed by atoms with Crippen molar-refractivity contribution in [2.24, 2.45) is 10.8 Å². The summed E-state index contributed by atoms with van der Waals surface area (Å²) >= 11 is 0. The van der Waals surface area contributed by atoms with Gasteiger partial charge in [0.2, 0.25) is 0 Å².